The van der Waals surface area contributed by atoms with Crippen molar-refractivity contribution in [1.82, 2.24) is 8.61 Å². The highest BCUT2D eigenvalue weighted by Crippen LogP contribution is 2.35. The highest BCUT2D eigenvalue weighted by molar-refractivity contribution is 7.89. The number of ether oxygens (including phenoxy) is 3. The SMILES string of the molecule is C.CCOc1c(Nc2cccc(S(=O)(=O)N(C)C)c2O)c(=O)c1=O.CCOc1c(OCC)c(=O)c1=O.CN(C)S(=O)(=O)c1cccc(N)c1O. The van der Waals surface area contributed by atoms with Gasteiger partial charge in [0.2, 0.25) is 31.5 Å². The number of sulfonamides is 2. The van der Waals surface area contributed by atoms with Crippen LogP contribution < -0.4 is 47.0 Å². The molecule has 4 aromatic carbocycles. The van der Waals surface area contributed by atoms with Crippen molar-refractivity contribution < 1.29 is 41.3 Å². The minimum Gasteiger partial charge on any atom is -0.504 e. The van der Waals surface area contributed by atoms with E-state index in [4.69, 9.17) is 19.9 Å². The quantitative estimate of drug-likeness (QED) is 0.0908. The Morgan fingerprint density at radius 3 is 1.44 bits per heavy atom. The van der Waals surface area contributed by atoms with Gasteiger partial charge < -0.3 is 35.5 Å². The number of hydrogen-bond acceptors (Lipinski definition) is 15. The van der Waals surface area contributed by atoms with Crippen LogP contribution in [0.25, 0.3) is 0 Å². The van der Waals surface area contributed by atoms with Crippen molar-refractivity contribution in [3.63, 3.8) is 0 Å². The lowest BCUT2D eigenvalue weighted by molar-refractivity contribution is 0.274. The normalized spacial score (nSPS) is 11.2. The van der Waals surface area contributed by atoms with Gasteiger partial charge in [0.25, 0.3) is 21.7 Å². The monoisotopic (exact) mass is 742 g/mol. The Morgan fingerprint density at radius 2 is 1.02 bits per heavy atom. The summed E-state index contributed by atoms with van der Waals surface area (Å²) >= 11 is 0. The van der Waals surface area contributed by atoms with Crippen LogP contribution in [-0.2, 0) is 20.0 Å². The Labute approximate surface area is 289 Å². The van der Waals surface area contributed by atoms with Gasteiger partial charge in [-0.05, 0) is 45.0 Å². The average Bonchev–Trinajstić information content (AvgIpc) is 3.06. The molecule has 0 radical (unpaired) electrons. The van der Waals surface area contributed by atoms with Crippen molar-refractivity contribution in [2.45, 2.75) is 38.0 Å². The molecule has 0 bridgehead atoms. The van der Waals surface area contributed by atoms with Crippen LogP contribution in [0.5, 0.6) is 28.7 Å². The maximum atomic E-state index is 12.1. The first-order valence-corrected chi connectivity index (χ1v) is 17.2. The summed E-state index contributed by atoms with van der Waals surface area (Å²) in [6.45, 7) is 6.07. The molecule has 0 unspecified atom stereocenters. The molecule has 5 N–H and O–H groups in total. The van der Waals surface area contributed by atoms with Gasteiger partial charge in [0.1, 0.15) is 15.5 Å². The van der Waals surface area contributed by atoms with Crippen molar-refractivity contribution >= 4 is 37.1 Å². The second kappa shape index (κ2) is 17.6. The first kappa shape index (κ1) is 43.0. The molecule has 0 saturated heterocycles. The van der Waals surface area contributed by atoms with Crippen molar-refractivity contribution in [1.29, 1.82) is 0 Å². The van der Waals surface area contributed by atoms with Crippen LogP contribution in [0.15, 0.2) is 65.4 Å². The Kier molecular flexibility index (Phi) is 15.2. The van der Waals surface area contributed by atoms with E-state index in [9.17, 15) is 46.2 Å². The fourth-order valence-corrected chi connectivity index (χ4v) is 5.78. The van der Waals surface area contributed by atoms with E-state index in [2.05, 4.69) is 5.32 Å². The number of nitrogen functional groups attached to an aromatic ring is 1. The smallest absolute Gasteiger partial charge is 0.275 e. The summed E-state index contributed by atoms with van der Waals surface area (Å²) in [7, 11) is -2.05. The van der Waals surface area contributed by atoms with E-state index in [1.165, 1.54) is 64.6 Å². The van der Waals surface area contributed by atoms with Gasteiger partial charge in [-0.3, -0.25) is 19.2 Å². The number of phenols is 2. The van der Waals surface area contributed by atoms with Gasteiger partial charge >= 0.3 is 0 Å². The minimum atomic E-state index is -3.86. The topological polar surface area (TPSA) is 249 Å². The van der Waals surface area contributed by atoms with Crippen LogP contribution in [-0.4, -0.2) is 83.7 Å². The largest absolute Gasteiger partial charge is 0.504 e. The number of para-hydroxylation sites is 2. The molecule has 0 saturated carbocycles. The lowest BCUT2D eigenvalue weighted by atomic mass is 10.2. The third-order valence-corrected chi connectivity index (χ3v) is 10.1. The van der Waals surface area contributed by atoms with E-state index in [0.29, 0.717) is 13.2 Å². The summed E-state index contributed by atoms with van der Waals surface area (Å²) in [6, 6.07) is 8.25. The summed E-state index contributed by atoms with van der Waals surface area (Å²) in [5.74, 6) is -0.927. The number of hydrogen-bond donors (Lipinski definition) is 4. The number of nitrogens with zero attached hydrogens (tertiary/aromatic N) is 2. The predicted octanol–water partition coefficient (Wildman–Crippen LogP) is 1.32. The van der Waals surface area contributed by atoms with Gasteiger partial charge in [-0.2, -0.15) is 0 Å². The van der Waals surface area contributed by atoms with E-state index in [1.807, 2.05) is 0 Å². The van der Waals surface area contributed by atoms with Gasteiger partial charge in [0.15, 0.2) is 17.2 Å². The molecule has 276 valence electrons. The highest BCUT2D eigenvalue weighted by atomic mass is 32.2. The fourth-order valence-electron chi connectivity index (χ4n) is 3.77. The average molecular weight is 743 g/mol. The van der Waals surface area contributed by atoms with Crippen molar-refractivity contribution in [3.8, 4) is 28.7 Å². The molecule has 0 aliphatic heterocycles. The minimum absolute atomic E-state index is 0. The molecule has 0 heterocycles. The first-order valence-electron chi connectivity index (χ1n) is 14.4. The second-order valence-corrected chi connectivity index (χ2v) is 14.3. The molecule has 4 rings (SSSR count). The van der Waals surface area contributed by atoms with Crippen molar-refractivity contribution in [2.75, 3.05) is 59.1 Å². The Morgan fingerprint density at radius 1 is 0.640 bits per heavy atom. The summed E-state index contributed by atoms with van der Waals surface area (Å²) in [4.78, 5) is 44.2. The second-order valence-electron chi connectivity index (χ2n) is 10.0. The van der Waals surface area contributed by atoms with E-state index >= 15 is 0 Å². The third-order valence-electron chi connectivity index (χ3n) is 6.36. The van der Waals surface area contributed by atoms with Crippen LogP contribution >= 0.6 is 0 Å². The first-order chi connectivity index (χ1) is 22.8. The van der Waals surface area contributed by atoms with Crippen LogP contribution in [0.4, 0.5) is 17.1 Å². The Bertz CT molecular complexity index is 2110. The van der Waals surface area contributed by atoms with E-state index in [0.717, 1.165) is 8.61 Å². The lowest BCUT2D eigenvalue weighted by Crippen LogP contribution is -2.35. The molecule has 0 amide bonds. The zero-order valence-electron chi connectivity index (χ0n) is 27.8. The molecular formula is C31H42N4O13S2. The molecule has 0 atom stereocenters. The fraction of sp³-hybridized carbons (Fsp3) is 0.355. The molecule has 0 aromatic heterocycles. The number of nitrogens with two attached hydrogens (primary N) is 1. The molecule has 4 aromatic rings. The Hall–Kier alpha value is -4.98. The molecule has 0 spiro atoms. The summed E-state index contributed by atoms with van der Waals surface area (Å²) < 4.78 is 64.4. The van der Waals surface area contributed by atoms with E-state index in [-0.39, 0.29) is 58.1 Å². The summed E-state index contributed by atoms with van der Waals surface area (Å²) in [5.41, 5.74) is 2.61. The zero-order valence-corrected chi connectivity index (χ0v) is 29.4. The highest BCUT2D eigenvalue weighted by Gasteiger charge is 2.27. The molecule has 19 heteroatoms. The van der Waals surface area contributed by atoms with Gasteiger partial charge in [0, 0.05) is 28.2 Å². The van der Waals surface area contributed by atoms with Gasteiger partial charge in [-0.15, -0.1) is 0 Å². The number of nitrogens with one attached hydrogen (secondary N) is 1. The lowest BCUT2D eigenvalue weighted by Gasteiger charge is -2.17. The molecule has 0 aliphatic rings. The number of phenolic OH excluding ortho intramolecular Hbond substituents is 2. The van der Waals surface area contributed by atoms with Crippen molar-refractivity contribution in [2.24, 2.45) is 0 Å². The summed E-state index contributed by atoms with van der Waals surface area (Å²) in [6.07, 6.45) is 0. The van der Waals surface area contributed by atoms with E-state index in [1.54, 1.807) is 20.8 Å². The number of aromatic hydroxyl groups is 2. The maximum Gasteiger partial charge on any atom is 0.275 e. The summed E-state index contributed by atoms with van der Waals surface area (Å²) in [5, 5.41) is 22.2. The number of anilines is 3. The van der Waals surface area contributed by atoms with Crippen LogP contribution in [0.2, 0.25) is 0 Å². The predicted molar refractivity (Wildman–Crippen MR) is 189 cm³/mol. The molecule has 0 fully saturated rings. The van der Waals surface area contributed by atoms with E-state index < -0.39 is 53.3 Å². The van der Waals surface area contributed by atoms with Crippen molar-refractivity contribution in [3.05, 3.63) is 77.3 Å². The van der Waals surface area contributed by atoms with Gasteiger partial charge in [-0.25, -0.2) is 25.4 Å². The van der Waals surface area contributed by atoms with Crippen LogP contribution in [0.3, 0.4) is 0 Å². The molecule has 17 nitrogen and oxygen atoms in total. The number of benzene rings is 2. The molecular weight excluding hydrogens is 700 g/mol. The van der Waals surface area contributed by atoms with Crippen LogP contribution in [0.1, 0.15) is 28.2 Å². The van der Waals surface area contributed by atoms with Gasteiger partial charge in [0.05, 0.1) is 31.2 Å². The van der Waals surface area contributed by atoms with Gasteiger partial charge in [-0.1, -0.05) is 19.6 Å². The zero-order chi connectivity index (χ0) is 37.4. The standard InChI is InChI=1S/C14H16N2O6S.C8H12N2O3S.C8H10O4.CH4/c1-4-22-14-10(12(18)13(14)19)15-8-6-5-7-9(11(8)17)23(20,21)16(2)3;1-10(2)14(12,13)7-5-3-4-6(9)8(7)11;1-3-11-7-5(9)6(10)8(7)12-4-2;/h5-7,15,17H,4H2,1-3H3;3-5,11H,9H2,1-2H3;3-4H2,1-2H3;1H4. The van der Waals surface area contributed by atoms with Crippen LogP contribution in [0, 0.1) is 0 Å². The molecule has 0 aliphatic carbocycles. The molecule has 50 heavy (non-hydrogen) atoms. The number of rotatable bonds is 12. The third kappa shape index (κ3) is 8.97. The Balaban J connectivity index is 0.000000398. The maximum absolute atomic E-state index is 12.1.